The van der Waals surface area contributed by atoms with Crippen LogP contribution >= 0.6 is 0 Å². The van der Waals surface area contributed by atoms with Gasteiger partial charge in [0, 0.05) is 19.0 Å². The van der Waals surface area contributed by atoms with Gasteiger partial charge >= 0.3 is 0 Å². The maximum absolute atomic E-state index is 5.77. The van der Waals surface area contributed by atoms with Crippen LogP contribution in [-0.4, -0.2) is 41.7 Å². The fraction of sp³-hybridized carbons (Fsp3) is 0.353. The molecule has 1 aromatic rings. The van der Waals surface area contributed by atoms with Crippen molar-refractivity contribution in [2.24, 2.45) is 9.98 Å². The van der Waals surface area contributed by atoms with Crippen LogP contribution in [0.3, 0.4) is 0 Å². The zero-order chi connectivity index (χ0) is 15.2. The van der Waals surface area contributed by atoms with Crippen molar-refractivity contribution in [3.05, 3.63) is 47.9 Å². The molecule has 112 valence electrons. The van der Waals surface area contributed by atoms with Gasteiger partial charge in [0.15, 0.2) is 0 Å². The molecule has 22 heavy (non-hydrogen) atoms. The topological polar surface area (TPSA) is 50.1 Å². The van der Waals surface area contributed by atoms with Crippen molar-refractivity contribution in [3.63, 3.8) is 0 Å². The van der Waals surface area contributed by atoms with Gasteiger partial charge in [0.1, 0.15) is 11.9 Å². The third-order valence-corrected chi connectivity index (χ3v) is 3.92. The first-order valence-electron chi connectivity index (χ1n) is 7.49. The Morgan fingerprint density at radius 2 is 2.23 bits per heavy atom. The van der Waals surface area contributed by atoms with E-state index in [-0.39, 0.29) is 11.6 Å². The molecular formula is C17H18N4O. The minimum absolute atomic E-state index is 0.0913. The van der Waals surface area contributed by atoms with Crippen molar-refractivity contribution in [1.29, 1.82) is 0 Å². The monoisotopic (exact) mass is 294 g/mol. The van der Waals surface area contributed by atoms with Crippen molar-refractivity contribution in [2.75, 3.05) is 18.1 Å². The highest BCUT2D eigenvalue weighted by molar-refractivity contribution is 6.13. The lowest BCUT2D eigenvalue weighted by Gasteiger charge is -2.40. The summed E-state index contributed by atoms with van der Waals surface area (Å²) < 4.78 is 5.77. The van der Waals surface area contributed by atoms with Crippen LogP contribution in [0.4, 0.5) is 5.82 Å². The molecule has 4 rings (SSSR count). The quantitative estimate of drug-likeness (QED) is 0.799. The molecule has 0 bridgehead atoms. The van der Waals surface area contributed by atoms with E-state index in [9.17, 15) is 0 Å². The Morgan fingerprint density at radius 1 is 1.32 bits per heavy atom. The first-order chi connectivity index (χ1) is 10.6. The third-order valence-electron chi connectivity index (χ3n) is 3.92. The molecular weight excluding hydrogens is 276 g/mol. The fourth-order valence-corrected chi connectivity index (χ4v) is 3.01. The highest BCUT2D eigenvalue weighted by Crippen LogP contribution is 2.33. The van der Waals surface area contributed by atoms with E-state index in [1.807, 2.05) is 30.5 Å². The average Bonchev–Trinajstić information content (AvgIpc) is 2.52. The molecule has 0 fully saturated rings. The Hall–Kier alpha value is -2.27. The van der Waals surface area contributed by atoms with Crippen molar-refractivity contribution in [1.82, 2.24) is 4.98 Å². The van der Waals surface area contributed by atoms with Gasteiger partial charge < -0.3 is 9.64 Å². The molecule has 5 nitrogen and oxygen atoms in total. The number of hydrogen-bond donors (Lipinski definition) is 0. The molecule has 3 heterocycles. The molecule has 2 aliphatic heterocycles. The molecule has 0 radical (unpaired) electrons. The van der Waals surface area contributed by atoms with Gasteiger partial charge in [0.25, 0.3) is 0 Å². The van der Waals surface area contributed by atoms with E-state index in [1.165, 1.54) is 0 Å². The summed E-state index contributed by atoms with van der Waals surface area (Å²) in [6.07, 6.45) is 7.67. The van der Waals surface area contributed by atoms with Crippen LogP contribution in [0, 0.1) is 0 Å². The minimum Gasteiger partial charge on any atom is -0.362 e. The van der Waals surface area contributed by atoms with E-state index in [1.54, 1.807) is 6.21 Å². The van der Waals surface area contributed by atoms with Gasteiger partial charge in [-0.15, -0.1) is 0 Å². The van der Waals surface area contributed by atoms with E-state index >= 15 is 0 Å². The lowest BCUT2D eigenvalue weighted by Crippen LogP contribution is -2.46. The summed E-state index contributed by atoms with van der Waals surface area (Å²) in [5.41, 5.74) is 2.76. The Bertz CT molecular complexity index is 715. The lowest BCUT2D eigenvalue weighted by molar-refractivity contribution is 0.136. The summed E-state index contributed by atoms with van der Waals surface area (Å²) >= 11 is 0. The molecule has 5 heteroatoms. The molecule has 1 aromatic heterocycles. The number of fused-ring (bicyclic) bond motifs is 2. The molecule has 0 aromatic carbocycles. The number of anilines is 1. The van der Waals surface area contributed by atoms with Gasteiger partial charge in [0.05, 0.1) is 29.3 Å². The van der Waals surface area contributed by atoms with Crippen LogP contribution in [-0.2, 0) is 4.74 Å². The van der Waals surface area contributed by atoms with Crippen LogP contribution in [0.2, 0.25) is 0 Å². The van der Waals surface area contributed by atoms with E-state index in [0.29, 0.717) is 6.61 Å². The minimum atomic E-state index is -0.173. The number of nitrogens with zero attached hydrogens (tertiary/aromatic N) is 4. The molecule has 0 saturated carbocycles. The van der Waals surface area contributed by atoms with Crippen molar-refractivity contribution in [3.8, 4) is 0 Å². The van der Waals surface area contributed by atoms with Crippen molar-refractivity contribution in [2.45, 2.75) is 25.5 Å². The number of allylic oxidation sites excluding steroid dienone is 1. The van der Waals surface area contributed by atoms with E-state index in [2.05, 4.69) is 34.8 Å². The van der Waals surface area contributed by atoms with Crippen LogP contribution in [0.15, 0.2) is 57.9 Å². The fourth-order valence-electron chi connectivity index (χ4n) is 3.01. The second-order valence-corrected chi connectivity index (χ2v) is 6.27. The summed E-state index contributed by atoms with van der Waals surface area (Å²) in [6.45, 7) is 5.61. The zero-order valence-electron chi connectivity index (χ0n) is 12.7. The smallest absolute Gasteiger partial charge is 0.133 e. The SMILES string of the molecule is CC1(C)CN(c2ccccn2)C2=CC3OCC=NC3=CC2=N1. The van der Waals surface area contributed by atoms with E-state index in [4.69, 9.17) is 9.73 Å². The number of hydrogen-bond acceptors (Lipinski definition) is 5. The molecule has 1 aliphatic carbocycles. The standard InChI is InChI=1S/C17H18N4O/c1-17(2)11-21(16-5-3-4-6-19-16)14-10-15-13(9-12(14)20-17)18-7-8-22-15/h3-7,9-10,15H,8,11H2,1-2H3. The number of pyridine rings is 1. The maximum Gasteiger partial charge on any atom is 0.133 e. The number of ether oxygens (including phenoxy) is 1. The van der Waals surface area contributed by atoms with Crippen molar-refractivity contribution >= 4 is 17.7 Å². The predicted molar refractivity (Wildman–Crippen MR) is 87.5 cm³/mol. The van der Waals surface area contributed by atoms with E-state index < -0.39 is 0 Å². The number of aliphatic imine (C=N–C) groups is 2. The van der Waals surface area contributed by atoms with Gasteiger partial charge in [-0.2, -0.15) is 0 Å². The molecule has 0 amide bonds. The number of aromatic nitrogens is 1. The lowest BCUT2D eigenvalue weighted by atomic mass is 9.95. The summed E-state index contributed by atoms with van der Waals surface area (Å²) in [6, 6.07) is 5.96. The first-order valence-corrected chi connectivity index (χ1v) is 7.49. The highest BCUT2D eigenvalue weighted by atomic mass is 16.5. The van der Waals surface area contributed by atoms with Gasteiger partial charge in [0.2, 0.25) is 0 Å². The first kappa shape index (κ1) is 13.4. The Balaban J connectivity index is 1.82. The second kappa shape index (κ2) is 4.88. The summed E-state index contributed by atoms with van der Waals surface area (Å²) in [5, 5.41) is 0. The van der Waals surface area contributed by atoms with Crippen LogP contribution in [0.5, 0.6) is 0 Å². The molecule has 1 atom stereocenters. The van der Waals surface area contributed by atoms with E-state index in [0.717, 1.165) is 29.5 Å². The van der Waals surface area contributed by atoms with Gasteiger partial charge in [-0.3, -0.25) is 9.98 Å². The normalized spacial score (nSPS) is 25.6. The highest BCUT2D eigenvalue weighted by Gasteiger charge is 2.35. The zero-order valence-corrected chi connectivity index (χ0v) is 12.7. The van der Waals surface area contributed by atoms with Crippen molar-refractivity contribution < 1.29 is 4.74 Å². The third kappa shape index (κ3) is 2.27. The molecule has 0 spiro atoms. The van der Waals surface area contributed by atoms with Gasteiger partial charge in [-0.1, -0.05) is 6.07 Å². The van der Waals surface area contributed by atoms with Crippen LogP contribution in [0.25, 0.3) is 0 Å². The van der Waals surface area contributed by atoms with Crippen LogP contribution in [0.1, 0.15) is 13.8 Å². The summed E-state index contributed by atoms with van der Waals surface area (Å²) in [4.78, 5) is 16.0. The molecule has 0 N–H and O–H groups in total. The largest absolute Gasteiger partial charge is 0.362 e. The Morgan fingerprint density at radius 3 is 3.05 bits per heavy atom. The Labute approximate surface area is 129 Å². The second-order valence-electron chi connectivity index (χ2n) is 6.27. The molecule has 0 saturated heterocycles. The Kier molecular flexibility index (Phi) is 2.97. The molecule has 3 aliphatic rings. The summed E-state index contributed by atoms with van der Waals surface area (Å²) in [7, 11) is 0. The average molecular weight is 294 g/mol. The van der Waals surface area contributed by atoms with Gasteiger partial charge in [-0.25, -0.2) is 4.98 Å². The maximum atomic E-state index is 5.77. The van der Waals surface area contributed by atoms with Gasteiger partial charge in [-0.05, 0) is 38.1 Å². The number of rotatable bonds is 1. The predicted octanol–water partition coefficient (Wildman–Crippen LogP) is 2.37. The van der Waals surface area contributed by atoms with Crippen LogP contribution < -0.4 is 4.90 Å². The molecule has 1 unspecified atom stereocenters. The summed E-state index contributed by atoms with van der Waals surface area (Å²) in [5.74, 6) is 0.936.